The Hall–Kier alpha value is -2.28. The Morgan fingerprint density at radius 2 is 1.83 bits per heavy atom. The van der Waals surface area contributed by atoms with Gasteiger partial charge in [-0.2, -0.15) is 0 Å². The van der Waals surface area contributed by atoms with Crippen LogP contribution in [0.4, 0.5) is 0 Å². The van der Waals surface area contributed by atoms with Crippen molar-refractivity contribution in [1.29, 1.82) is 0 Å². The molecule has 3 saturated carbocycles. The van der Waals surface area contributed by atoms with Gasteiger partial charge in [-0.15, -0.1) is 0 Å². The van der Waals surface area contributed by atoms with Gasteiger partial charge < -0.3 is 14.2 Å². The minimum absolute atomic E-state index is 0.0254. The van der Waals surface area contributed by atoms with Crippen LogP contribution in [0.3, 0.4) is 0 Å². The van der Waals surface area contributed by atoms with Gasteiger partial charge in [0, 0.05) is 29.6 Å². The van der Waals surface area contributed by atoms with Crippen molar-refractivity contribution in [2.75, 3.05) is 6.61 Å². The van der Waals surface area contributed by atoms with Crippen molar-refractivity contribution < 1.29 is 33.4 Å². The van der Waals surface area contributed by atoms with Gasteiger partial charge in [-0.1, -0.05) is 39.3 Å². The number of esters is 2. The van der Waals surface area contributed by atoms with Gasteiger partial charge in [0.2, 0.25) is 5.78 Å². The van der Waals surface area contributed by atoms with Crippen molar-refractivity contribution in [3.05, 3.63) is 23.8 Å². The molecule has 4 fully saturated rings. The molecule has 0 bridgehead atoms. The summed E-state index contributed by atoms with van der Waals surface area (Å²) in [6, 6.07) is 0. The third-order valence-corrected chi connectivity index (χ3v) is 10.1. The number of carbonyl (C=O) groups excluding carboxylic acids is 4. The minimum atomic E-state index is -1.37. The maximum Gasteiger partial charge on any atom is 0.306 e. The van der Waals surface area contributed by atoms with Crippen LogP contribution in [-0.2, 0) is 33.4 Å². The van der Waals surface area contributed by atoms with Crippen molar-refractivity contribution >= 4 is 23.5 Å². The highest BCUT2D eigenvalue weighted by Gasteiger charge is 2.83. The molecule has 1 spiro atoms. The van der Waals surface area contributed by atoms with E-state index in [4.69, 9.17) is 14.2 Å². The summed E-state index contributed by atoms with van der Waals surface area (Å²) in [5.74, 6) is -1.14. The second-order valence-electron chi connectivity index (χ2n) is 11.5. The van der Waals surface area contributed by atoms with E-state index in [2.05, 4.69) is 13.8 Å². The predicted molar refractivity (Wildman–Crippen MR) is 126 cm³/mol. The second-order valence-corrected chi connectivity index (χ2v) is 11.5. The molecular formula is C28H36O7. The van der Waals surface area contributed by atoms with Gasteiger partial charge in [0.05, 0.1) is 6.10 Å². The van der Waals surface area contributed by atoms with Gasteiger partial charge in [-0.05, 0) is 56.6 Å². The maximum absolute atomic E-state index is 13.9. The molecule has 7 heteroatoms. The summed E-state index contributed by atoms with van der Waals surface area (Å²) in [6.45, 7) is 9.24. The van der Waals surface area contributed by atoms with Crippen molar-refractivity contribution in [2.45, 2.75) is 90.4 Å². The normalized spacial score (nSPS) is 44.8. The highest BCUT2D eigenvalue weighted by Crippen LogP contribution is 2.77. The predicted octanol–water partition coefficient (Wildman–Crippen LogP) is 3.89. The van der Waals surface area contributed by atoms with Gasteiger partial charge >= 0.3 is 11.9 Å². The third-order valence-electron chi connectivity index (χ3n) is 10.1. The number of allylic oxidation sites excluding steroid dienone is 2. The molecule has 5 aliphatic rings. The molecule has 0 aromatic carbocycles. The molecule has 0 aromatic rings. The number of rotatable bonds is 6. The van der Waals surface area contributed by atoms with Crippen LogP contribution in [0.1, 0.15) is 73.1 Å². The van der Waals surface area contributed by atoms with Crippen LogP contribution >= 0.6 is 0 Å². The Bertz CT molecular complexity index is 1060. The van der Waals surface area contributed by atoms with Crippen LogP contribution in [0, 0.1) is 28.6 Å². The lowest BCUT2D eigenvalue weighted by atomic mass is 9.46. The molecule has 0 unspecified atom stereocenters. The number of hydrogen-bond acceptors (Lipinski definition) is 7. The van der Waals surface area contributed by atoms with E-state index >= 15 is 0 Å². The smallest absolute Gasteiger partial charge is 0.306 e. The molecule has 1 heterocycles. The number of epoxide rings is 1. The summed E-state index contributed by atoms with van der Waals surface area (Å²) < 4.78 is 18.0. The highest BCUT2D eigenvalue weighted by atomic mass is 16.6. The molecule has 8 atom stereocenters. The summed E-state index contributed by atoms with van der Waals surface area (Å²) >= 11 is 0. The van der Waals surface area contributed by atoms with Gasteiger partial charge in [0.15, 0.2) is 18.0 Å². The van der Waals surface area contributed by atoms with E-state index in [1.165, 1.54) is 0 Å². The molecule has 0 N–H and O–H groups in total. The lowest BCUT2D eigenvalue weighted by Gasteiger charge is -2.56. The van der Waals surface area contributed by atoms with Gasteiger partial charge in [0.25, 0.3) is 0 Å². The summed E-state index contributed by atoms with van der Waals surface area (Å²) in [4.78, 5) is 50.5. The van der Waals surface area contributed by atoms with Crippen LogP contribution in [0.2, 0.25) is 0 Å². The monoisotopic (exact) mass is 484 g/mol. The Balaban J connectivity index is 1.55. The molecule has 4 aliphatic carbocycles. The Morgan fingerprint density at radius 1 is 1.11 bits per heavy atom. The summed E-state index contributed by atoms with van der Waals surface area (Å²) in [5.41, 5.74) is -1.64. The number of ether oxygens (including phenoxy) is 3. The summed E-state index contributed by atoms with van der Waals surface area (Å²) in [7, 11) is 0. The van der Waals surface area contributed by atoms with Crippen LogP contribution in [0.15, 0.2) is 23.8 Å². The molecule has 35 heavy (non-hydrogen) atoms. The largest absolute Gasteiger partial charge is 0.457 e. The minimum Gasteiger partial charge on any atom is -0.457 e. The molecule has 1 aliphatic heterocycles. The number of ketones is 2. The van der Waals surface area contributed by atoms with Gasteiger partial charge in [0.1, 0.15) is 5.60 Å². The Kier molecular flexibility index (Phi) is 5.48. The number of hydrogen-bond donors (Lipinski definition) is 0. The molecule has 190 valence electrons. The maximum atomic E-state index is 13.9. The number of carbonyl (C=O) groups is 4. The standard InChI is InChI=1S/C28H36O7/c1-6-23(31)33-15-21(30)27(35-24(32)7-2)16(3)12-20-19-9-8-17-13-18(29)10-11-25(17,4)28(19)22(34-28)14-26(20,27)5/h10-11,13,16,19-20,22H,6-9,12,14-15H2,1-5H3/t16-,19-,20+,22-,25-,26-,27+,28+/m0/s1. The molecule has 1 saturated heterocycles. The quantitative estimate of drug-likeness (QED) is 0.417. The molecule has 0 amide bonds. The average molecular weight is 485 g/mol. The Morgan fingerprint density at radius 3 is 2.51 bits per heavy atom. The average Bonchev–Trinajstić information content (AvgIpc) is 3.50. The fourth-order valence-corrected chi connectivity index (χ4v) is 8.44. The molecular weight excluding hydrogens is 448 g/mol. The molecule has 7 nitrogen and oxygen atoms in total. The zero-order valence-electron chi connectivity index (χ0n) is 21.3. The topological polar surface area (TPSA) is 99.3 Å². The van der Waals surface area contributed by atoms with E-state index in [0.717, 1.165) is 24.8 Å². The first-order chi connectivity index (χ1) is 16.5. The van der Waals surface area contributed by atoms with Crippen molar-refractivity contribution in [3.63, 3.8) is 0 Å². The van der Waals surface area contributed by atoms with E-state index in [0.29, 0.717) is 6.42 Å². The summed E-state index contributed by atoms with van der Waals surface area (Å²) in [6.07, 6.45) is 8.66. The van der Waals surface area contributed by atoms with Crippen LogP contribution in [-0.4, -0.2) is 47.4 Å². The number of fused-ring (bicyclic) bond motifs is 3. The van der Waals surface area contributed by atoms with Gasteiger partial charge in [-0.3, -0.25) is 19.2 Å². The summed E-state index contributed by atoms with van der Waals surface area (Å²) in [5, 5.41) is 0. The van der Waals surface area contributed by atoms with Crippen LogP contribution < -0.4 is 0 Å². The van der Waals surface area contributed by atoms with Crippen molar-refractivity contribution in [2.24, 2.45) is 28.6 Å². The van der Waals surface area contributed by atoms with E-state index in [1.807, 2.05) is 13.0 Å². The fourth-order valence-electron chi connectivity index (χ4n) is 8.44. The van der Waals surface area contributed by atoms with E-state index in [-0.39, 0.29) is 53.7 Å². The fraction of sp³-hybridized carbons (Fsp3) is 0.714. The molecule has 5 rings (SSSR count). The third kappa shape index (κ3) is 3.00. The Labute approximate surface area is 206 Å². The SMILES string of the molecule is CCC(=O)OCC(=O)[C@]1(OC(=O)CC)[C@@H](C)C[C@@H]2[C@@H]3CCC4=CC(=O)C=C[C@]4(C)[C@@]34O[C@H]4C[C@@]21C. The van der Waals surface area contributed by atoms with E-state index in [9.17, 15) is 19.2 Å². The molecule has 0 radical (unpaired) electrons. The lowest BCUT2D eigenvalue weighted by molar-refractivity contribution is -0.194. The van der Waals surface area contributed by atoms with E-state index in [1.54, 1.807) is 26.0 Å². The first-order valence-corrected chi connectivity index (χ1v) is 13.0. The van der Waals surface area contributed by atoms with E-state index < -0.39 is 35.2 Å². The number of Topliss-reactive ketones (excluding diaryl/α,β-unsaturated/α-hetero) is 1. The molecule has 0 aromatic heterocycles. The van der Waals surface area contributed by atoms with Crippen LogP contribution in [0.25, 0.3) is 0 Å². The van der Waals surface area contributed by atoms with Crippen molar-refractivity contribution in [1.82, 2.24) is 0 Å². The lowest BCUT2D eigenvalue weighted by Crippen LogP contribution is -2.63. The first-order valence-electron chi connectivity index (χ1n) is 13.0. The zero-order valence-corrected chi connectivity index (χ0v) is 21.3. The van der Waals surface area contributed by atoms with Crippen molar-refractivity contribution in [3.8, 4) is 0 Å². The zero-order chi connectivity index (χ0) is 25.4. The second kappa shape index (κ2) is 7.86. The first kappa shape index (κ1) is 24.4. The highest BCUT2D eigenvalue weighted by molar-refractivity contribution is 6.01. The van der Waals surface area contributed by atoms with Gasteiger partial charge in [-0.25, -0.2) is 0 Å². The van der Waals surface area contributed by atoms with Crippen LogP contribution in [0.5, 0.6) is 0 Å².